The van der Waals surface area contributed by atoms with Crippen LogP contribution in [0.2, 0.25) is 0 Å². The molecule has 1 saturated heterocycles. The van der Waals surface area contributed by atoms with Gasteiger partial charge in [0.2, 0.25) is 0 Å². The zero-order valence-electron chi connectivity index (χ0n) is 8.71. The molecule has 0 saturated carbocycles. The largest absolute Gasteiger partial charge is 0.388 e. The summed E-state index contributed by atoms with van der Waals surface area (Å²) in [5, 5.41) is 7.26. The smallest absolute Gasteiger partial charge is 0.0920 e. The second-order valence-corrected chi connectivity index (χ2v) is 4.02. The second-order valence-electron chi connectivity index (χ2n) is 4.02. The molecule has 1 fully saturated rings. The van der Waals surface area contributed by atoms with Gasteiger partial charge in [0.05, 0.1) is 5.84 Å². The van der Waals surface area contributed by atoms with Gasteiger partial charge in [-0.05, 0) is 32.7 Å². The van der Waals surface area contributed by atoms with E-state index >= 15 is 0 Å². The second kappa shape index (κ2) is 4.61. The molecule has 3 heteroatoms. The van der Waals surface area contributed by atoms with Crippen molar-refractivity contribution in [3.8, 4) is 0 Å². The van der Waals surface area contributed by atoms with Crippen molar-refractivity contribution < 1.29 is 0 Å². The van der Waals surface area contributed by atoms with Crippen molar-refractivity contribution in [3.63, 3.8) is 0 Å². The van der Waals surface area contributed by atoms with Crippen LogP contribution in [-0.4, -0.2) is 29.4 Å². The molecule has 2 atom stereocenters. The number of nitrogens with two attached hydrogens (primary N) is 1. The first-order valence-corrected chi connectivity index (χ1v) is 5.23. The van der Waals surface area contributed by atoms with Crippen molar-refractivity contribution in [3.05, 3.63) is 0 Å². The fourth-order valence-corrected chi connectivity index (χ4v) is 2.31. The van der Waals surface area contributed by atoms with Crippen molar-refractivity contribution in [1.82, 2.24) is 4.90 Å². The SMILES string of the molecule is CCC1CCCN1C(C)CC(=N)N. The van der Waals surface area contributed by atoms with Crippen molar-refractivity contribution in [2.45, 2.75) is 51.6 Å². The molecular weight excluding hydrogens is 162 g/mol. The fourth-order valence-electron chi connectivity index (χ4n) is 2.31. The molecule has 1 rings (SSSR count). The molecule has 3 N–H and O–H groups in total. The lowest BCUT2D eigenvalue weighted by Gasteiger charge is -2.29. The number of likely N-dealkylation sites (tertiary alicyclic amines) is 1. The zero-order chi connectivity index (χ0) is 9.84. The molecule has 2 unspecified atom stereocenters. The van der Waals surface area contributed by atoms with Crippen molar-refractivity contribution in [2.24, 2.45) is 5.73 Å². The molecule has 1 heterocycles. The maximum Gasteiger partial charge on any atom is 0.0920 e. The van der Waals surface area contributed by atoms with Crippen LogP contribution in [0.1, 0.15) is 39.5 Å². The van der Waals surface area contributed by atoms with Crippen LogP contribution in [0.4, 0.5) is 0 Å². The molecule has 0 aromatic heterocycles. The summed E-state index contributed by atoms with van der Waals surface area (Å²) in [5.41, 5.74) is 5.40. The van der Waals surface area contributed by atoms with E-state index in [-0.39, 0.29) is 0 Å². The molecule has 0 bridgehead atoms. The van der Waals surface area contributed by atoms with Gasteiger partial charge in [0.1, 0.15) is 0 Å². The lowest BCUT2D eigenvalue weighted by Crippen LogP contribution is -2.39. The molecule has 0 aromatic rings. The molecule has 1 aliphatic rings. The molecule has 0 radical (unpaired) electrons. The van der Waals surface area contributed by atoms with E-state index < -0.39 is 0 Å². The van der Waals surface area contributed by atoms with Crippen molar-refractivity contribution in [2.75, 3.05) is 6.54 Å². The Morgan fingerprint density at radius 3 is 2.92 bits per heavy atom. The van der Waals surface area contributed by atoms with Gasteiger partial charge in [-0.25, -0.2) is 0 Å². The summed E-state index contributed by atoms with van der Waals surface area (Å²) in [6.07, 6.45) is 4.57. The lowest BCUT2D eigenvalue weighted by molar-refractivity contribution is 0.191. The van der Waals surface area contributed by atoms with Gasteiger partial charge in [-0.15, -0.1) is 0 Å². The highest BCUT2D eigenvalue weighted by Gasteiger charge is 2.26. The average Bonchev–Trinajstić information content (AvgIpc) is 2.49. The highest BCUT2D eigenvalue weighted by molar-refractivity contribution is 5.77. The van der Waals surface area contributed by atoms with Gasteiger partial charge in [0, 0.05) is 18.5 Å². The predicted octanol–water partition coefficient (Wildman–Crippen LogP) is 1.58. The highest BCUT2D eigenvalue weighted by Crippen LogP contribution is 2.23. The Kier molecular flexibility index (Phi) is 3.72. The zero-order valence-corrected chi connectivity index (χ0v) is 8.71. The highest BCUT2D eigenvalue weighted by atomic mass is 15.2. The maximum absolute atomic E-state index is 7.26. The van der Waals surface area contributed by atoms with Gasteiger partial charge < -0.3 is 5.73 Å². The summed E-state index contributed by atoms with van der Waals surface area (Å²) in [6, 6.07) is 1.18. The van der Waals surface area contributed by atoms with E-state index in [0.717, 1.165) is 12.5 Å². The first-order chi connectivity index (χ1) is 6.15. The summed E-state index contributed by atoms with van der Waals surface area (Å²) < 4.78 is 0. The third kappa shape index (κ3) is 2.69. The summed E-state index contributed by atoms with van der Waals surface area (Å²) in [7, 11) is 0. The summed E-state index contributed by atoms with van der Waals surface area (Å²) in [4.78, 5) is 2.50. The molecule has 13 heavy (non-hydrogen) atoms. The van der Waals surface area contributed by atoms with E-state index in [1.54, 1.807) is 0 Å². The molecule has 0 spiro atoms. The molecule has 3 nitrogen and oxygen atoms in total. The normalized spacial score (nSPS) is 26.2. The van der Waals surface area contributed by atoms with Crippen LogP contribution in [0.25, 0.3) is 0 Å². The number of hydrogen-bond acceptors (Lipinski definition) is 2. The van der Waals surface area contributed by atoms with Crippen LogP contribution in [0.3, 0.4) is 0 Å². The number of amidine groups is 1. The third-order valence-electron chi connectivity index (χ3n) is 2.98. The van der Waals surface area contributed by atoms with Gasteiger partial charge >= 0.3 is 0 Å². The van der Waals surface area contributed by atoms with E-state index in [1.807, 2.05) is 0 Å². The standard InChI is InChI=1S/C10H21N3/c1-3-9-5-4-6-13(9)8(2)7-10(11)12/h8-9H,3-7H2,1-2H3,(H3,11,12). The van der Waals surface area contributed by atoms with Gasteiger partial charge in [-0.2, -0.15) is 0 Å². The van der Waals surface area contributed by atoms with Gasteiger partial charge in [-0.1, -0.05) is 6.92 Å². The predicted molar refractivity (Wildman–Crippen MR) is 56.0 cm³/mol. The van der Waals surface area contributed by atoms with Crippen LogP contribution in [0, 0.1) is 5.41 Å². The Hall–Kier alpha value is -0.570. The molecule has 0 aliphatic carbocycles. The molecule has 0 aromatic carbocycles. The molecule has 76 valence electrons. The maximum atomic E-state index is 7.26. The van der Waals surface area contributed by atoms with E-state index in [2.05, 4.69) is 18.7 Å². The topological polar surface area (TPSA) is 53.1 Å². The number of rotatable bonds is 4. The first kappa shape index (κ1) is 10.5. The molecule has 0 amide bonds. The van der Waals surface area contributed by atoms with E-state index in [0.29, 0.717) is 11.9 Å². The number of nitrogens with zero attached hydrogens (tertiary/aromatic N) is 1. The Balaban J connectivity index is 2.44. The third-order valence-corrected chi connectivity index (χ3v) is 2.98. The minimum absolute atomic E-state index is 0.314. The van der Waals surface area contributed by atoms with Crippen LogP contribution < -0.4 is 5.73 Å². The minimum atomic E-state index is 0.314. The fraction of sp³-hybridized carbons (Fsp3) is 0.900. The Labute approximate surface area is 80.8 Å². The van der Waals surface area contributed by atoms with Crippen LogP contribution in [-0.2, 0) is 0 Å². The van der Waals surface area contributed by atoms with Crippen molar-refractivity contribution in [1.29, 1.82) is 5.41 Å². The lowest BCUT2D eigenvalue weighted by atomic mass is 10.1. The number of hydrogen-bond donors (Lipinski definition) is 2. The molecular formula is C10H21N3. The Morgan fingerprint density at radius 1 is 1.69 bits per heavy atom. The monoisotopic (exact) mass is 183 g/mol. The summed E-state index contributed by atoms with van der Waals surface area (Å²) in [5.74, 6) is 0.314. The van der Waals surface area contributed by atoms with Gasteiger partial charge in [-0.3, -0.25) is 10.3 Å². The van der Waals surface area contributed by atoms with E-state index in [4.69, 9.17) is 11.1 Å². The van der Waals surface area contributed by atoms with Crippen LogP contribution in [0.15, 0.2) is 0 Å². The van der Waals surface area contributed by atoms with Crippen LogP contribution >= 0.6 is 0 Å². The van der Waals surface area contributed by atoms with Crippen LogP contribution in [0.5, 0.6) is 0 Å². The Morgan fingerprint density at radius 2 is 2.38 bits per heavy atom. The van der Waals surface area contributed by atoms with E-state index in [1.165, 1.54) is 25.8 Å². The summed E-state index contributed by atoms with van der Waals surface area (Å²) >= 11 is 0. The quantitative estimate of drug-likeness (QED) is 0.513. The van der Waals surface area contributed by atoms with E-state index in [9.17, 15) is 0 Å². The molecule has 1 aliphatic heterocycles. The average molecular weight is 183 g/mol. The Bertz CT molecular complexity index is 179. The van der Waals surface area contributed by atoms with Gasteiger partial charge in [0.15, 0.2) is 0 Å². The summed E-state index contributed by atoms with van der Waals surface area (Å²) in [6.45, 7) is 5.60. The number of nitrogens with one attached hydrogen (secondary N) is 1. The van der Waals surface area contributed by atoms with Crippen molar-refractivity contribution >= 4 is 5.84 Å². The first-order valence-electron chi connectivity index (χ1n) is 5.23. The van der Waals surface area contributed by atoms with Gasteiger partial charge in [0.25, 0.3) is 0 Å². The minimum Gasteiger partial charge on any atom is -0.388 e.